The summed E-state index contributed by atoms with van der Waals surface area (Å²) >= 11 is 0. The van der Waals surface area contributed by atoms with E-state index < -0.39 is 5.54 Å². The molecule has 0 saturated carbocycles. The van der Waals surface area contributed by atoms with Crippen LogP contribution in [0.3, 0.4) is 0 Å². The van der Waals surface area contributed by atoms with Crippen LogP contribution in [0.5, 0.6) is 0 Å². The summed E-state index contributed by atoms with van der Waals surface area (Å²) in [6.07, 6.45) is 0.782. The predicted molar refractivity (Wildman–Crippen MR) is 61.3 cm³/mol. The van der Waals surface area contributed by atoms with Gasteiger partial charge in [-0.25, -0.2) is 0 Å². The van der Waals surface area contributed by atoms with E-state index in [4.69, 9.17) is 10.8 Å². The summed E-state index contributed by atoms with van der Waals surface area (Å²) in [5.74, 6) is 0.225. The first-order chi connectivity index (χ1) is 6.82. The van der Waals surface area contributed by atoms with Crippen LogP contribution in [0.25, 0.3) is 0 Å². The van der Waals surface area contributed by atoms with Gasteiger partial charge in [-0.1, -0.05) is 13.8 Å². The van der Waals surface area contributed by atoms with Gasteiger partial charge in [-0.2, -0.15) is 0 Å². The number of rotatable bonds is 6. The van der Waals surface area contributed by atoms with Gasteiger partial charge in [0, 0.05) is 6.54 Å². The molecule has 1 amide bonds. The fourth-order valence-corrected chi connectivity index (χ4v) is 1.35. The Labute approximate surface area is 92.2 Å². The molecule has 0 spiro atoms. The lowest BCUT2D eigenvalue weighted by atomic mass is 9.95. The highest BCUT2D eigenvalue weighted by Gasteiger charge is 2.24. The highest BCUT2D eigenvalue weighted by atomic mass is 16.3. The Morgan fingerprint density at radius 3 is 2.33 bits per heavy atom. The third kappa shape index (κ3) is 5.74. The Morgan fingerprint density at radius 1 is 1.47 bits per heavy atom. The van der Waals surface area contributed by atoms with Crippen molar-refractivity contribution >= 4 is 5.91 Å². The number of hydrogen-bond acceptors (Lipinski definition) is 3. The predicted octanol–water partition coefficient (Wildman–Crippen LogP) is 0.495. The first-order valence-corrected chi connectivity index (χ1v) is 5.45. The summed E-state index contributed by atoms with van der Waals surface area (Å²) in [5.41, 5.74) is 4.99. The first-order valence-electron chi connectivity index (χ1n) is 5.45. The van der Waals surface area contributed by atoms with Crippen LogP contribution in [0.2, 0.25) is 0 Å². The largest absolute Gasteiger partial charge is 0.394 e. The zero-order valence-corrected chi connectivity index (χ0v) is 10.2. The molecule has 0 fully saturated rings. The molecule has 4 N–H and O–H groups in total. The second-order valence-electron chi connectivity index (χ2n) is 5.09. The van der Waals surface area contributed by atoms with Crippen LogP contribution in [0.1, 0.15) is 34.1 Å². The van der Waals surface area contributed by atoms with E-state index in [0.29, 0.717) is 12.5 Å². The van der Waals surface area contributed by atoms with Gasteiger partial charge >= 0.3 is 0 Å². The molecule has 0 heterocycles. The number of nitrogens with two attached hydrogens (primary N) is 1. The van der Waals surface area contributed by atoms with Crippen LogP contribution in [0.15, 0.2) is 0 Å². The average Bonchev–Trinajstić information content (AvgIpc) is 2.13. The van der Waals surface area contributed by atoms with Gasteiger partial charge in [0.05, 0.1) is 18.1 Å². The van der Waals surface area contributed by atoms with Gasteiger partial charge in [0.1, 0.15) is 0 Å². The highest BCUT2D eigenvalue weighted by molar-refractivity contribution is 5.79. The minimum atomic E-state index is -0.568. The number of carbonyl (C=O) groups is 1. The van der Waals surface area contributed by atoms with Crippen LogP contribution < -0.4 is 11.1 Å². The molecule has 0 aliphatic carbocycles. The summed E-state index contributed by atoms with van der Waals surface area (Å²) in [4.78, 5) is 11.8. The molecule has 0 aromatic carbocycles. The third-order valence-electron chi connectivity index (χ3n) is 2.27. The van der Waals surface area contributed by atoms with Crippen LogP contribution in [-0.2, 0) is 4.79 Å². The van der Waals surface area contributed by atoms with E-state index in [1.54, 1.807) is 13.8 Å². The SMILES string of the molecule is CC(C)CC(CN)C(=O)NC(C)(C)CO. The molecular weight excluding hydrogens is 192 g/mol. The molecule has 0 aliphatic heterocycles. The van der Waals surface area contributed by atoms with E-state index in [-0.39, 0.29) is 18.4 Å². The quantitative estimate of drug-likeness (QED) is 0.605. The Hall–Kier alpha value is -0.610. The second kappa shape index (κ2) is 6.08. The lowest BCUT2D eigenvalue weighted by Gasteiger charge is -2.27. The Balaban J connectivity index is 4.27. The molecule has 0 radical (unpaired) electrons. The van der Waals surface area contributed by atoms with Crippen LogP contribution in [0, 0.1) is 11.8 Å². The van der Waals surface area contributed by atoms with E-state index >= 15 is 0 Å². The van der Waals surface area contributed by atoms with Crippen molar-refractivity contribution in [3.63, 3.8) is 0 Å². The molecule has 1 atom stereocenters. The van der Waals surface area contributed by atoms with Gasteiger partial charge in [-0.15, -0.1) is 0 Å². The van der Waals surface area contributed by atoms with E-state index in [9.17, 15) is 4.79 Å². The minimum absolute atomic E-state index is 0.0646. The van der Waals surface area contributed by atoms with Crippen LogP contribution >= 0.6 is 0 Å². The molecule has 4 heteroatoms. The van der Waals surface area contributed by atoms with E-state index in [1.807, 2.05) is 0 Å². The molecule has 0 aromatic heterocycles. The molecule has 15 heavy (non-hydrogen) atoms. The molecule has 0 aromatic rings. The molecule has 0 bridgehead atoms. The number of hydrogen-bond donors (Lipinski definition) is 3. The molecule has 90 valence electrons. The fraction of sp³-hybridized carbons (Fsp3) is 0.909. The first kappa shape index (κ1) is 14.4. The summed E-state index contributed by atoms with van der Waals surface area (Å²) < 4.78 is 0. The number of aliphatic hydroxyl groups is 1. The fourth-order valence-electron chi connectivity index (χ4n) is 1.35. The van der Waals surface area contributed by atoms with Crippen molar-refractivity contribution in [2.24, 2.45) is 17.6 Å². The van der Waals surface area contributed by atoms with E-state index in [2.05, 4.69) is 19.2 Å². The molecule has 0 rings (SSSR count). The zero-order chi connectivity index (χ0) is 12.1. The van der Waals surface area contributed by atoms with Crippen molar-refractivity contribution in [1.82, 2.24) is 5.32 Å². The van der Waals surface area contributed by atoms with Gasteiger partial charge in [0.25, 0.3) is 0 Å². The highest BCUT2D eigenvalue weighted by Crippen LogP contribution is 2.12. The summed E-state index contributed by atoms with van der Waals surface area (Å²) in [6.45, 7) is 7.98. The maximum absolute atomic E-state index is 11.8. The number of nitrogens with one attached hydrogen (secondary N) is 1. The van der Waals surface area contributed by atoms with Gasteiger partial charge in [-0.05, 0) is 26.2 Å². The Bertz CT molecular complexity index is 203. The molecular formula is C11H24N2O2. The van der Waals surface area contributed by atoms with Gasteiger partial charge in [0.15, 0.2) is 0 Å². The van der Waals surface area contributed by atoms with Crippen LogP contribution in [0.4, 0.5) is 0 Å². The Kier molecular flexibility index (Phi) is 5.83. The Morgan fingerprint density at radius 2 is 2.00 bits per heavy atom. The third-order valence-corrected chi connectivity index (χ3v) is 2.27. The summed E-state index contributed by atoms with van der Waals surface area (Å²) in [6, 6.07) is 0. The standard InChI is InChI=1S/C11H24N2O2/c1-8(2)5-9(6-12)10(15)13-11(3,4)7-14/h8-9,14H,5-7,12H2,1-4H3,(H,13,15). The van der Waals surface area contributed by atoms with E-state index in [0.717, 1.165) is 6.42 Å². The molecule has 4 nitrogen and oxygen atoms in total. The average molecular weight is 216 g/mol. The van der Waals surface area contributed by atoms with E-state index in [1.165, 1.54) is 0 Å². The van der Waals surface area contributed by atoms with Crippen molar-refractivity contribution in [2.45, 2.75) is 39.7 Å². The van der Waals surface area contributed by atoms with Gasteiger partial charge < -0.3 is 16.2 Å². The van der Waals surface area contributed by atoms with Gasteiger partial charge in [0.2, 0.25) is 5.91 Å². The zero-order valence-electron chi connectivity index (χ0n) is 10.2. The van der Waals surface area contributed by atoms with Crippen molar-refractivity contribution in [2.75, 3.05) is 13.2 Å². The summed E-state index contributed by atoms with van der Waals surface area (Å²) in [7, 11) is 0. The second-order valence-corrected chi connectivity index (χ2v) is 5.09. The van der Waals surface area contributed by atoms with Crippen molar-refractivity contribution in [3.05, 3.63) is 0 Å². The molecule has 0 aliphatic rings. The minimum Gasteiger partial charge on any atom is -0.394 e. The maximum atomic E-state index is 11.8. The van der Waals surface area contributed by atoms with Crippen LogP contribution in [-0.4, -0.2) is 29.7 Å². The molecule has 0 saturated heterocycles. The van der Waals surface area contributed by atoms with Gasteiger partial charge in [-0.3, -0.25) is 4.79 Å². The molecule has 1 unspecified atom stereocenters. The monoisotopic (exact) mass is 216 g/mol. The van der Waals surface area contributed by atoms with Crippen molar-refractivity contribution < 1.29 is 9.90 Å². The normalized spacial score (nSPS) is 14.1. The topological polar surface area (TPSA) is 75.4 Å². The summed E-state index contributed by atoms with van der Waals surface area (Å²) in [5, 5.41) is 11.8. The maximum Gasteiger partial charge on any atom is 0.224 e. The smallest absolute Gasteiger partial charge is 0.224 e. The lowest BCUT2D eigenvalue weighted by molar-refractivity contribution is -0.127. The van der Waals surface area contributed by atoms with Crippen molar-refractivity contribution in [3.8, 4) is 0 Å². The number of amides is 1. The lowest BCUT2D eigenvalue weighted by Crippen LogP contribution is -2.50. The number of carbonyl (C=O) groups excluding carboxylic acids is 1. The number of aliphatic hydroxyl groups excluding tert-OH is 1. The van der Waals surface area contributed by atoms with Crippen molar-refractivity contribution in [1.29, 1.82) is 0 Å².